The van der Waals surface area contributed by atoms with Gasteiger partial charge in [-0.2, -0.15) is 0 Å². The number of hydrogen-bond donors (Lipinski definition) is 5. The van der Waals surface area contributed by atoms with Gasteiger partial charge in [-0.1, -0.05) is 13.8 Å². The molecule has 21 heteroatoms. The maximum atomic E-state index is 12.1. The number of nitrogens with zero attached hydrogens (tertiary/aromatic N) is 6. The van der Waals surface area contributed by atoms with E-state index in [0.717, 1.165) is 37.6 Å². The van der Waals surface area contributed by atoms with E-state index in [2.05, 4.69) is 35.1 Å². The van der Waals surface area contributed by atoms with Gasteiger partial charge in [0, 0.05) is 48.8 Å². The molecule has 0 unspecified atom stereocenters. The summed E-state index contributed by atoms with van der Waals surface area (Å²) in [6, 6.07) is 0. The predicted molar refractivity (Wildman–Crippen MR) is 186 cm³/mol. The van der Waals surface area contributed by atoms with E-state index in [1.54, 1.807) is 6.92 Å². The molecule has 10 amide bonds. The molecular weight excluding hydrogens is 674 g/mol. The van der Waals surface area contributed by atoms with Crippen LogP contribution in [0.3, 0.4) is 0 Å². The summed E-state index contributed by atoms with van der Waals surface area (Å²) in [5, 5.41) is 10.3. The summed E-state index contributed by atoms with van der Waals surface area (Å²) in [4.78, 5) is 120. The van der Waals surface area contributed by atoms with Crippen molar-refractivity contribution >= 4 is 60.1 Å². The van der Waals surface area contributed by atoms with E-state index in [9.17, 15) is 47.9 Å². The normalized spacial score (nSPS) is 9.51. The van der Waals surface area contributed by atoms with E-state index >= 15 is 0 Å². The van der Waals surface area contributed by atoms with Crippen LogP contribution in [0.1, 0.15) is 20.8 Å². The van der Waals surface area contributed by atoms with Gasteiger partial charge in [0.2, 0.25) is 60.1 Å². The first-order chi connectivity index (χ1) is 23.8. The van der Waals surface area contributed by atoms with Gasteiger partial charge in [0.15, 0.2) is 0 Å². The Balaban J connectivity index is -0.000000879. The van der Waals surface area contributed by atoms with Crippen LogP contribution >= 0.6 is 0 Å². The van der Waals surface area contributed by atoms with E-state index < -0.39 is 35.4 Å². The van der Waals surface area contributed by atoms with Gasteiger partial charge >= 0.3 is 0 Å². The minimum atomic E-state index is -0.659. The second-order valence-corrected chi connectivity index (χ2v) is 11.0. The molecule has 0 saturated heterocycles. The summed E-state index contributed by atoms with van der Waals surface area (Å²) in [6.07, 6.45) is 1.01. The molecule has 0 bridgehead atoms. The van der Waals surface area contributed by atoms with E-state index in [-0.39, 0.29) is 64.2 Å². The van der Waals surface area contributed by atoms with Gasteiger partial charge in [-0.15, -0.1) is 0 Å². The third-order valence-electron chi connectivity index (χ3n) is 6.12. The summed E-state index contributed by atoms with van der Waals surface area (Å²) < 4.78 is 0. The number of primary amides is 1. The molecule has 292 valence electrons. The highest BCUT2D eigenvalue weighted by molar-refractivity contribution is 5.91. The highest BCUT2D eigenvalue weighted by Gasteiger charge is 2.19. The van der Waals surface area contributed by atoms with Crippen molar-refractivity contribution in [3.63, 3.8) is 0 Å². The smallest absolute Gasteiger partial charge is 0.242 e. The van der Waals surface area contributed by atoms with E-state index in [1.807, 2.05) is 0 Å². The first kappa shape index (κ1) is 50.0. The average Bonchev–Trinajstić information content (AvgIpc) is 3.06. The third kappa shape index (κ3) is 28.2. The maximum absolute atomic E-state index is 12.1. The van der Waals surface area contributed by atoms with Crippen molar-refractivity contribution in [3.05, 3.63) is 0 Å². The van der Waals surface area contributed by atoms with Crippen molar-refractivity contribution in [1.29, 1.82) is 0 Å². The molecule has 0 aliphatic heterocycles. The van der Waals surface area contributed by atoms with Crippen molar-refractivity contribution in [1.82, 2.24) is 50.7 Å². The van der Waals surface area contributed by atoms with Crippen molar-refractivity contribution < 1.29 is 47.9 Å². The molecule has 51 heavy (non-hydrogen) atoms. The molecule has 0 fully saturated rings. The Morgan fingerprint density at radius 1 is 0.471 bits per heavy atom. The number of hydrogen-bond acceptors (Lipinski definition) is 11. The molecule has 0 aliphatic carbocycles. The number of carbonyl (C=O) groups is 10. The van der Waals surface area contributed by atoms with Gasteiger partial charge in [0.25, 0.3) is 0 Å². The molecule has 0 saturated carbocycles. The second kappa shape index (κ2) is 29.6. The molecule has 0 aliphatic rings. The van der Waals surface area contributed by atoms with Crippen molar-refractivity contribution in [3.8, 4) is 0 Å². The summed E-state index contributed by atoms with van der Waals surface area (Å²) in [7, 11) is 8.56. The first-order valence-corrected chi connectivity index (χ1v) is 15.9. The van der Waals surface area contributed by atoms with Crippen LogP contribution in [-0.4, -0.2) is 204 Å². The Kier molecular flexibility index (Phi) is 29.0. The van der Waals surface area contributed by atoms with Crippen LogP contribution in [0.5, 0.6) is 0 Å². The van der Waals surface area contributed by atoms with Crippen LogP contribution in [0.15, 0.2) is 0 Å². The lowest BCUT2D eigenvalue weighted by atomic mass is 10.4. The summed E-state index contributed by atoms with van der Waals surface area (Å²) in [5.41, 5.74) is 4.84. The maximum Gasteiger partial charge on any atom is 0.242 e. The third-order valence-corrected chi connectivity index (χ3v) is 6.12. The molecule has 6 N–H and O–H groups in total. The number of nitrogens with one attached hydrogen (secondary N) is 4. The number of amides is 10. The number of rotatable bonds is 21. The number of likely N-dealkylation sites (N-methyl/N-ethyl adjacent to an activating group) is 7. The van der Waals surface area contributed by atoms with Gasteiger partial charge in [-0.25, -0.2) is 0 Å². The fourth-order valence-corrected chi connectivity index (χ4v) is 3.17. The Morgan fingerprint density at radius 2 is 0.804 bits per heavy atom. The fraction of sp³-hybridized carbons (Fsp3) is 0.667. The van der Waals surface area contributed by atoms with Gasteiger partial charge in [-0.3, -0.25) is 47.9 Å². The summed E-state index contributed by atoms with van der Waals surface area (Å²) in [5.74, 6) is -3.76. The minimum absolute atomic E-state index is 0.108. The number of carbonyl (C=O) groups excluding carboxylic acids is 10. The van der Waals surface area contributed by atoms with E-state index in [1.165, 1.54) is 47.2 Å². The van der Waals surface area contributed by atoms with Crippen LogP contribution in [-0.2, 0) is 47.9 Å². The van der Waals surface area contributed by atoms with Crippen LogP contribution < -0.4 is 27.0 Å². The number of nitrogens with two attached hydrogens (primary N) is 1. The SMILES string of the molecule is CCNC(=O)CN(C)C(=O)CN(C)C(=O)CNC(=O)CN(C)C(=O)CN(C)C=O.CCNCC.CN(C=O)CC(=O)N(C)CC(=O)NCC(N)=O. The molecule has 0 atom stereocenters. The highest BCUT2D eigenvalue weighted by Crippen LogP contribution is 1.92. The topological polar surface area (TPSA) is 264 Å². The van der Waals surface area contributed by atoms with Crippen molar-refractivity contribution in [2.75, 3.05) is 114 Å². The highest BCUT2D eigenvalue weighted by atomic mass is 16.2. The van der Waals surface area contributed by atoms with Gasteiger partial charge in [0.05, 0.1) is 52.4 Å². The minimum Gasteiger partial charge on any atom is -0.368 e. The largest absolute Gasteiger partial charge is 0.368 e. The molecule has 0 rings (SSSR count). The Bertz CT molecular complexity index is 1150. The zero-order chi connectivity index (χ0) is 40.1. The van der Waals surface area contributed by atoms with Crippen LogP contribution in [0.4, 0.5) is 0 Å². The van der Waals surface area contributed by atoms with Crippen molar-refractivity contribution in [2.45, 2.75) is 20.8 Å². The molecule has 0 radical (unpaired) electrons. The standard InChI is InChI=1S/C17H30N6O6.C9H16N4O4.C4H11N/c1-6-18-13(25)8-22(4)17(29)11-23(5)15(27)7-19-14(26)9-21(3)16(28)10-20(2)12-24;1-12(6-14)5-9(17)13(2)4-8(16)11-3-7(10)15;1-3-5-4-2/h12H,6-11H2,1-5H3,(H,18,25)(H,19,26);6H,3-5H2,1-2H3,(H2,10,15)(H,11,16);5H,3-4H2,1-2H3. The molecular formula is C30H57N11O10. The summed E-state index contributed by atoms with van der Waals surface area (Å²) >= 11 is 0. The van der Waals surface area contributed by atoms with Gasteiger partial charge in [0.1, 0.15) is 0 Å². The lowest BCUT2D eigenvalue weighted by Crippen LogP contribution is -2.47. The van der Waals surface area contributed by atoms with Crippen LogP contribution in [0, 0.1) is 0 Å². The van der Waals surface area contributed by atoms with Crippen molar-refractivity contribution in [2.24, 2.45) is 5.73 Å². The van der Waals surface area contributed by atoms with E-state index in [0.29, 0.717) is 19.4 Å². The van der Waals surface area contributed by atoms with Crippen LogP contribution in [0.25, 0.3) is 0 Å². The zero-order valence-corrected chi connectivity index (χ0v) is 31.3. The summed E-state index contributed by atoms with van der Waals surface area (Å²) in [6.45, 7) is 6.87. The fourth-order valence-electron chi connectivity index (χ4n) is 3.17. The Hall–Kier alpha value is -5.34. The second-order valence-electron chi connectivity index (χ2n) is 11.0. The van der Waals surface area contributed by atoms with Gasteiger partial charge < -0.3 is 56.4 Å². The molecule has 0 spiro atoms. The molecule has 0 heterocycles. The molecule has 0 aromatic carbocycles. The van der Waals surface area contributed by atoms with Crippen LogP contribution in [0.2, 0.25) is 0 Å². The quantitative estimate of drug-likeness (QED) is 0.0695. The Morgan fingerprint density at radius 3 is 1.12 bits per heavy atom. The molecule has 0 aromatic rings. The average molecular weight is 732 g/mol. The Labute approximate surface area is 299 Å². The molecule has 0 aromatic heterocycles. The first-order valence-electron chi connectivity index (χ1n) is 15.9. The lowest BCUT2D eigenvalue weighted by molar-refractivity contribution is -0.140. The zero-order valence-electron chi connectivity index (χ0n) is 31.3. The monoisotopic (exact) mass is 731 g/mol. The predicted octanol–water partition coefficient (Wildman–Crippen LogP) is -5.55. The molecule has 21 nitrogen and oxygen atoms in total. The van der Waals surface area contributed by atoms with Gasteiger partial charge in [-0.05, 0) is 20.0 Å². The van der Waals surface area contributed by atoms with E-state index in [4.69, 9.17) is 5.73 Å². The lowest BCUT2D eigenvalue weighted by Gasteiger charge is -2.22.